The fourth-order valence-corrected chi connectivity index (χ4v) is 1.67. The molecule has 1 aliphatic rings. The van der Waals surface area contributed by atoms with Crippen molar-refractivity contribution in [1.29, 1.82) is 0 Å². The molecular formula is C11H12N2O2. The van der Waals surface area contributed by atoms with Crippen LogP contribution >= 0.6 is 0 Å². The maximum absolute atomic E-state index is 11.0. The number of amides is 1. The normalized spacial score (nSPS) is 16.0. The standard InChI is InChI=1S/C11H12N2O2/c14-11(15)13-8-4-2-6-10(13)9-5-1-3-7-12-9/h1,3,5-7H,2,4,8H2,(H,14,15). The minimum absolute atomic E-state index is 0.553. The summed E-state index contributed by atoms with van der Waals surface area (Å²) in [5.41, 5.74) is 1.42. The summed E-state index contributed by atoms with van der Waals surface area (Å²) in [7, 11) is 0. The predicted molar refractivity (Wildman–Crippen MR) is 56.2 cm³/mol. The second-order valence-electron chi connectivity index (χ2n) is 3.38. The molecule has 4 heteroatoms. The number of rotatable bonds is 1. The van der Waals surface area contributed by atoms with E-state index in [2.05, 4.69) is 4.98 Å². The maximum atomic E-state index is 11.0. The Bertz CT molecular complexity index is 387. The van der Waals surface area contributed by atoms with Crippen LogP contribution in [0.3, 0.4) is 0 Å². The Kier molecular flexibility index (Phi) is 2.67. The number of hydrogen-bond donors (Lipinski definition) is 1. The first-order valence-electron chi connectivity index (χ1n) is 4.91. The van der Waals surface area contributed by atoms with E-state index in [4.69, 9.17) is 5.11 Å². The van der Waals surface area contributed by atoms with Gasteiger partial charge in [0, 0.05) is 12.7 Å². The quantitative estimate of drug-likeness (QED) is 0.762. The molecule has 0 saturated carbocycles. The van der Waals surface area contributed by atoms with E-state index in [9.17, 15) is 4.79 Å². The maximum Gasteiger partial charge on any atom is 0.411 e. The molecule has 1 aromatic rings. The van der Waals surface area contributed by atoms with Gasteiger partial charge < -0.3 is 5.11 Å². The predicted octanol–water partition coefficient (Wildman–Crippen LogP) is 2.20. The SMILES string of the molecule is O=C(O)N1CCCC=C1c1ccccn1. The Balaban J connectivity index is 2.34. The first kappa shape index (κ1) is 9.71. The molecule has 1 aromatic heterocycles. The molecule has 0 unspecified atom stereocenters. The van der Waals surface area contributed by atoms with Gasteiger partial charge in [0.15, 0.2) is 0 Å². The van der Waals surface area contributed by atoms with Gasteiger partial charge in [-0.05, 0) is 25.0 Å². The minimum atomic E-state index is -0.911. The van der Waals surface area contributed by atoms with Crippen LogP contribution in [-0.2, 0) is 0 Å². The molecule has 0 fully saturated rings. The average molecular weight is 204 g/mol. The van der Waals surface area contributed by atoms with Crippen molar-refractivity contribution in [1.82, 2.24) is 9.88 Å². The van der Waals surface area contributed by atoms with E-state index in [0.717, 1.165) is 18.5 Å². The highest BCUT2D eigenvalue weighted by Crippen LogP contribution is 2.22. The van der Waals surface area contributed by atoms with E-state index >= 15 is 0 Å². The summed E-state index contributed by atoms with van der Waals surface area (Å²) in [5.74, 6) is 0. The number of allylic oxidation sites excluding steroid dienone is 1. The second kappa shape index (κ2) is 4.13. The first-order valence-corrected chi connectivity index (χ1v) is 4.91. The van der Waals surface area contributed by atoms with Crippen LogP contribution in [0.25, 0.3) is 5.70 Å². The van der Waals surface area contributed by atoms with Crippen LogP contribution < -0.4 is 0 Å². The zero-order chi connectivity index (χ0) is 10.7. The fourth-order valence-electron chi connectivity index (χ4n) is 1.67. The van der Waals surface area contributed by atoms with Gasteiger partial charge in [0.1, 0.15) is 0 Å². The summed E-state index contributed by atoms with van der Waals surface area (Å²) in [6.07, 6.45) is 4.48. The van der Waals surface area contributed by atoms with E-state index in [1.165, 1.54) is 4.90 Å². The Labute approximate surface area is 87.9 Å². The molecule has 78 valence electrons. The van der Waals surface area contributed by atoms with Gasteiger partial charge in [0.25, 0.3) is 0 Å². The largest absolute Gasteiger partial charge is 0.465 e. The van der Waals surface area contributed by atoms with Gasteiger partial charge in [0.05, 0.1) is 11.4 Å². The summed E-state index contributed by atoms with van der Waals surface area (Å²) in [6, 6.07) is 5.50. The Morgan fingerprint density at radius 3 is 3.00 bits per heavy atom. The number of nitrogens with zero attached hydrogens (tertiary/aromatic N) is 2. The van der Waals surface area contributed by atoms with Crippen molar-refractivity contribution in [2.24, 2.45) is 0 Å². The van der Waals surface area contributed by atoms with Gasteiger partial charge in [-0.25, -0.2) is 4.79 Å². The molecule has 0 aromatic carbocycles. The third-order valence-corrected chi connectivity index (χ3v) is 2.37. The van der Waals surface area contributed by atoms with Crippen molar-refractivity contribution < 1.29 is 9.90 Å². The first-order chi connectivity index (χ1) is 7.29. The van der Waals surface area contributed by atoms with Crippen LogP contribution in [0.1, 0.15) is 18.5 Å². The van der Waals surface area contributed by atoms with Gasteiger partial charge in [-0.15, -0.1) is 0 Å². The van der Waals surface area contributed by atoms with Gasteiger partial charge >= 0.3 is 6.09 Å². The lowest BCUT2D eigenvalue weighted by atomic mass is 10.1. The molecule has 0 atom stereocenters. The monoisotopic (exact) mass is 204 g/mol. The number of pyridine rings is 1. The Hall–Kier alpha value is -1.84. The molecule has 0 aliphatic carbocycles. The zero-order valence-corrected chi connectivity index (χ0v) is 8.26. The summed E-state index contributed by atoms with van der Waals surface area (Å²) < 4.78 is 0. The number of carboxylic acid groups (broad SMARTS) is 1. The van der Waals surface area contributed by atoms with E-state index in [-0.39, 0.29) is 0 Å². The van der Waals surface area contributed by atoms with Gasteiger partial charge in [0.2, 0.25) is 0 Å². The van der Waals surface area contributed by atoms with Crippen molar-refractivity contribution >= 4 is 11.8 Å². The lowest BCUT2D eigenvalue weighted by Crippen LogP contribution is -2.31. The van der Waals surface area contributed by atoms with E-state index in [1.807, 2.05) is 24.3 Å². The third kappa shape index (κ3) is 1.98. The molecule has 0 radical (unpaired) electrons. The van der Waals surface area contributed by atoms with E-state index < -0.39 is 6.09 Å². The minimum Gasteiger partial charge on any atom is -0.465 e. The van der Waals surface area contributed by atoms with Gasteiger partial charge in [-0.1, -0.05) is 12.1 Å². The average Bonchev–Trinajstić information content (AvgIpc) is 2.30. The van der Waals surface area contributed by atoms with Gasteiger partial charge in [-0.3, -0.25) is 9.88 Å². The molecule has 1 aliphatic heterocycles. The summed E-state index contributed by atoms with van der Waals surface area (Å²) in [5, 5.41) is 9.03. The molecular weight excluding hydrogens is 192 g/mol. The smallest absolute Gasteiger partial charge is 0.411 e. The highest BCUT2D eigenvalue weighted by molar-refractivity contribution is 5.80. The fraction of sp³-hybridized carbons (Fsp3) is 0.273. The van der Waals surface area contributed by atoms with Crippen LogP contribution in [-0.4, -0.2) is 27.6 Å². The lowest BCUT2D eigenvalue weighted by Gasteiger charge is -2.25. The van der Waals surface area contributed by atoms with Crippen LogP contribution in [0, 0.1) is 0 Å². The molecule has 0 saturated heterocycles. The zero-order valence-electron chi connectivity index (χ0n) is 8.26. The second-order valence-corrected chi connectivity index (χ2v) is 3.38. The van der Waals surface area contributed by atoms with Crippen LogP contribution in [0.2, 0.25) is 0 Å². The van der Waals surface area contributed by atoms with E-state index in [0.29, 0.717) is 12.2 Å². The highest BCUT2D eigenvalue weighted by atomic mass is 16.4. The molecule has 0 bridgehead atoms. The van der Waals surface area contributed by atoms with Crippen LogP contribution in [0.15, 0.2) is 30.5 Å². The number of carbonyl (C=O) groups is 1. The molecule has 0 spiro atoms. The molecule has 4 nitrogen and oxygen atoms in total. The van der Waals surface area contributed by atoms with Gasteiger partial charge in [-0.2, -0.15) is 0 Å². The summed E-state index contributed by atoms with van der Waals surface area (Å²) in [4.78, 5) is 16.5. The highest BCUT2D eigenvalue weighted by Gasteiger charge is 2.21. The van der Waals surface area contributed by atoms with Crippen LogP contribution in [0.5, 0.6) is 0 Å². The summed E-state index contributed by atoms with van der Waals surface area (Å²) >= 11 is 0. The van der Waals surface area contributed by atoms with Crippen molar-refractivity contribution in [3.8, 4) is 0 Å². The van der Waals surface area contributed by atoms with Crippen molar-refractivity contribution in [2.75, 3.05) is 6.54 Å². The number of aromatic nitrogens is 1. The van der Waals surface area contributed by atoms with Crippen LogP contribution in [0.4, 0.5) is 4.79 Å². The lowest BCUT2D eigenvalue weighted by molar-refractivity contribution is 0.164. The van der Waals surface area contributed by atoms with Crippen molar-refractivity contribution in [3.63, 3.8) is 0 Å². The molecule has 2 heterocycles. The summed E-state index contributed by atoms with van der Waals surface area (Å²) in [6.45, 7) is 0.553. The van der Waals surface area contributed by atoms with Crippen molar-refractivity contribution in [2.45, 2.75) is 12.8 Å². The molecule has 1 N–H and O–H groups in total. The molecule has 2 rings (SSSR count). The van der Waals surface area contributed by atoms with Crippen molar-refractivity contribution in [3.05, 3.63) is 36.2 Å². The van der Waals surface area contributed by atoms with E-state index in [1.54, 1.807) is 6.20 Å². The topological polar surface area (TPSA) is 53.4 Å². The Morgan fingerprint density at radius 1 is 1.47 bits per heavy atom. The number of hydrogen-bond acceptors (Lipinski definition) is 2. The Morgan fingerprint density at radius 2 is 2.33 bits per heavy atom. The third-order valence-electron chi connectivity index (χ3n) is 2.37. The molecule has 15 heavy (non-hydrogen) atoms. The molecule has 1 amide bonds.